The first-order chi connectivity index (χ1) is 19.6. The highest BCUT2D eigenvalue weighted by Gasteiger charge is 2.32. The second-order valence-corrected chi connectivity index (χ2v) is 12.2. The Hall–Kier alpha value is -2.42. The van der Waals surface area contributed by atoms with Crippen LogP contribution < -0.4 is 25.6 Å². The monoisotopic (exact) mass is 549 g/mol. The van der Waals surface area contributed by atoms with Gasteiger partial charge in [0.15, 0.2) is 0 Å². The number of nitrogens with one attached hydrogen (secondary N) is 1. The highest BCUT2D eigenvalue weighted by Crippen LogP contribution is 2.32. The second-order valence-electron chi connectivity index (χ2n) is 12.2. The van der Waals surface area contributed by atoms with Gasteiger partial charge in [0.1, 0.15) is 11.6 Å². The number of anilines is 2. The molecule has 2 fully saturated rings. The maximum atomic E-state index is 6.75. The number of piperidine rings is 1. The quantitative estimate of drug-likeness (QED) is 0.331. The van der Waals surface area contributed by atoms with Gasteiger partial charge < -0.3 is 25.2 Å². The molecule has 3 heterocycles. The van der Waals surface area contributed by atoms with E-state index >= 15 is 0 Å². The van der Waals surface area contributed by atoms with Crippen molar-refractivity contribution in [2.45, 2.75) is 95.8 Å². The zero-order valence-corrected chi connectivity index (χ0v) is 24.9. The van der Waals surface area contributed by atoms with Crippen molar-refractivity contribution in [1.29, 1.82) is 0 Å². The minimum Gasteiger partial charge on any atom is -0.494 e. The van der Waals surface area contributed by atoms with Crippen LogP contribution >= 0.6 is 0 Å². The number of fused-ring (bicyclic) bond motifs is 1. The van der Waals surface area contributed by atoms with E-state index in [2.05, 4.69) is 58.4 Å². The molecular weight excluding hydrogens is 498 g/mol. The molecule has 3 aliphatic rings. The van der Waals surface area contributed by atoms with Gasteiger partial charge in [-0.3, -0.25) is 5.32 Å². The average molecular weight is 550 g/mol. The van der Waals surface area contributed by atoms with Gasteiger partial charge in [-0.25, -0.2) is 4.98 Å². The van der Waals surface area contributed by atoms with E-state index in [0.717, 1.165) is 83.1 Å². The lowest BCUT2D eigenvalue weighted by Crippen LogP contribution is -2.59. The van der Waals surface area contributed by atoms with Crippen molar-refractivity contribution >= 4 is 11.8 Å². The van der Waals surface area contributed by atoms with Crippen molar-refractivity contribution in [2.24, 2.45) is 5.73 Å². The third kappa shape index (κ3) is 7.65. The van der Waals surface area contributed by atoms with Crippen molar-refractivity contribution < 1.29 is 4.74 Å². The molecule has 0 spiro atoms. The van der Waals surface area contributed by atoms with Crippen molar-refractivity contribution in [2.75, 3.05) is 56.7 Å². The molecule has 40 heavy (non-hydrogen) atoms. The normalized spacial score (nSPS) is 22.1. The molecule has 220 valence electrons. The van der Waals surface area contributed by atoms with Gasteiger partial charge in [-0.15, -0.1) is 0 Å². The first kappa shape index (κ1) is 29.1. The Kier molecular flexibility index (Phi) is 10.5. The number of nitrogens with zero attached hydrogens (tertiary/aromatic N) is 5. The predicted molar refractivity (Wildman–Crippen MR) is 164 cm³/mol. The van der Waals surface area contributed by atoms with E-state index < -0.39 is 0 Å². The summed E-state index contributed by atoms with van der Waals surface area (Å²) in [5, 5.41) is 3.78. The summed E-state index contributed by atoms with van der Waals surface area (Å²) in [6.07, 6.45) is 14.2. The van der Waals surface area contributed by atoms with E-state index in [0.29, 0.717) is 0 Å². The first-order valence-electron chi connectivity index (χ1n) is 15.9. The smallest absolute Gasteiger partial charge is 0.228 e. The second kappa shape index (κ2) is 14.5. The van der Waals surface area contributed by atoms with Gasteiger partial charge >= 0.3 is 0 Å². The van der Waals surface area contributed by atoms with Crippen LogP contribution in [-0.4, -0.2) is 74.0 Å². The van der Waals surface area contributed by atoms with Gasteiger partial charge in [-0.05, 0) is 89.6 Å². The zero-order valence-electron chi connectivity index (χ0n) is 24.9. The fourth-order valence-corrected chi connectivity index (χ4v) is 6.42. The maximum Gasteiger partial charge on any atom is 0.228 e. The number of hydrogen-bond acceptors (Lipinski definition) is 8. The summed E-state index contributed by atoms with van der Waals surface area (Å²) in [6.45, 7) is 5.68. The van der Waals surface area contributed by atoms with E-state index in [1.807, 2.05) is 0 Å². The molecule has 8 nitrogen and oxygen atoms in total. The molecule has 8 heteroatoms. The lowest BCUT2D eigenvalue weighted by molar-refractivity contribution is 0.281. The van der Waals surface area contributed by atoms with Crippen LogP contribution in [0.25, 0.3) is 0 Å². The molecule has 2 unspecified atom stereocenters. The third-order valence-corrected chi connectivity index (χ3v) is 8.70. The molecular formula is C32H51N7O. The number of rotatable bonds is 10. The van der Waals surface area contributed by atoms with Gasteiger partial charge in [0, 0.05) is 44.3 Å². The molecule has 3 N–H and O–H groups in total. The van der Waals surface area contributed by atoms with Gasteiger partial charge in [0.25, 0.3) is 0 Å². The lowest BCUT2D eigenvalue weighted by Gasteiger charge is -2.41. The lowest BCUT2D eigenvalue weighted by atomic mass is 10.0. The van der Waals surface area contributed by atoms with Crippen LogP contribution in [0.4, 0.5) is 11.8 Å². The van der Waals surface area contributed by atoms with Crippen LogP contribution in [0.15, 0.2) is 24.3 Å². The Morgan fingerprint density at radius 2 is 1.68 bits per heavy atom. The van der Waals surface area contributed by atoms with Crippen molar-refractivity contribution in [1.82, 2.24) is 20.2 Å². The summed E-state index contributed by atoms with van der Waals surface area (Å²) in [6, 6.07) is 8.51. The van der Waals surface area contributed by atoms with Crippen LogP contribution in [0.2, 0.25) is 0 Å². The highest BCUT2D eigenvalue weighted by molar-refractivity contribution is 5.54. The molecule has 0 amide bonds. The molecule has 0 radical (unpaired) electrons. The van der Waals surface area contributed by atoms with Crippen molar-refractivity contribution in [3.8, 4) is 5.75 Å². The fraction of sp³-hybridized carbons (Fsp3) is 0.688. The SMILES string of the molecule is CN(C)CCCOc1ccc(CNC2C(N)CCCN2c2nc3c(c(N4CCCCCC4)n2)CCCCC3)cc1. The molecule has 5 rings (SSSR count). The standard InChI is InChI=1S/C32H51N7O/c1-37(2)19-11-23-40-26-17-15-25(16-18-26)24-34-31-28(33)13-10-22-39(31)32-35-29-14-7-5-6-12-27(29)30(36-32)38-20-8-3-4-9-21-38/h15-18,28,31,34H,3-14,19-24,33H2,1-2H3. The number of aryl methyl sites for hydroxylation is 1. The Balaban J connectivity index is 1.30. The molecule has 2 saturated heterocycles. The number of ether oxygens (including phenoxy) is 1. The average Bonchev–Trinajstić information content (AvgIpc) is 3.38. The molecule has 2 atom stereocenters. The maximum absolute atomic E-state index is 6.75. The number of benzene rings is 1. The largest absolute Gasteiger partial charge is 0.494 e. The van der Waals surface area contributed by atoms with Crippen LogP contribution in [0.3, 0.4) is 0 Å². The van der Waals surface area contributed by atoms with Crippen LogP contribution in [-0.2, 0) is 19.4 Å². The Bertz CT molecular complexity index is 1050. The number of hydrogen-bond donors (Lipinski definition) is 2. The van der Waals surface area contributed by atoms with Crippen molar-refractivity contribution in [3.05, 3.63) is 41.1 Å². The summed E-state index contributed by atoms with van der Waals surface area (Å²) < 4.78 is 5.93. The van der Waals surface area contributed by atoms with E-state index in [4.69, 9.17) is 20.4 Å². The molecule has 2 aromatic rings. The number of nitrogens with two attached hydrogens (primary N) is 1. The summed E-state index contributed by atoms with van der Waals surface area (Å²) >= 11 is 0. The minimum absolute atomic E-state index is 0.0107. The van der Waals surface area contributed by atoms with Gasteiger partial charge in [-0.2, -0.15) is 4.98 Å². The van der Waals surface area contributed by atoms with Gasteiger partial charge in [0.05, 0.1) is 18.5 Å². The topological polar surface area (TPSA) is 82.8 Å². The van der Waals surface area contributed by atoms with E-state index in [1.165, 1.54) is 67.6 Å². The first-order valence-corrected chi connectivity index (χ1v) is 15.9. The van der Waals surface area contributed by atoms with Crippen molar-refractivity contribution in [3.63, 3.8) is 0 Å². The van der Waals surface area contributed by atoms with Gasteiger partial charge in [0.2, 0.25) is 5.95 Å². The van der Waals surface area contributed by atoms with Crippen LogP contribution in [0.5, 0.6) is 5.75 Å². The molecule has 2 aliphatic heterocycles. The van der Waals surface area contributed by atoms with E-state index in [-0.39, 0.29) is 12.2 Å². The minimum atomic E-state index is 0.0107. The fourth-order valence-electron chi connectivity index (χ4n) is 6.42. The Morgan fingerprint density at radius 1 is 0.925 bits per heavy atom. The Morgan fingerprint density at radius 3 is 2.45 bits per heavy atom. The molecule has 0 saturated carbocycles. The van der Waals surface area contributed by atoms with E-state index in [9.17, 15) is 0 Å². The van der Waals surface area contributed by atoms with E-state index in [1.54, 1.807) is 0 Å². The molecule has 0 bridgehead atoms. The summed E-state index contributed by atoms with van der Waals surface area (Å²) in [4.78, 5) is 17.7. The molecule has 1 aromatic carbocycles. The summed E-state index contributed by atoms with van der Waals surface area (Å²) in [5.41, 5.74) is 10.7. The Labute approximate surface area is 241 Å². The van der Waals surface area contributed by atoms with Crippen LogP contribution in [0.1, 0.15) is 81.0 Å². The third-order valence-electron chi connectivity index (χ3n) is 8.70. The molecule has 1 aromatic heterocycles. The highest BCUT2D eigenvalue weighted by atomic mass is 16.5. The van der Waals surface area contributed by atoms with Crippen LogP contribution in [0, 0.1) is 0 Å². The zero-order chi connectivity index (χ0) is 27.7. The summed E-state index contributed by atoms with van der Waals surface area (Å²) in [7, 11) is 4.18. The molecule has 1 aliphatic carbocycles. The number of aromatic nitrogens is 2. The van der Waals surface area contributed by atoms with Gasteiger partial charge in [-0.1, -0.05) is 31.4 Å². The predicted octanol–water partition coefficient (Wildman–Crippen LogP) is 4.50. The summed E-state index contributed by atoms with van der Waals surface area (Å²) in [5.74, 6) is 3.01.